The lowest BCUT2D eigenvalue weighted by atomic mass is 9.77. The highest BCUT2D eigenvalue weighted by molar-refractivity contribution is 7.87. The van der Waals surface area contributed by atoms with Crippen LogP contribution in [0.5, 0.6) is 0 Å². The van der Waals surface area contributed by atoms with E-state index in [0.717, 1.165) is 5.57 Å². The van der Waals surface area contributed by atoms with Crippen LogP contribution in [0.1, 0.15) is 33.1 Å². The molecule has 0 aliphatic heterocycles. The van der Waals surface area contributed by atoms with Gasteiger partial charge in [0.05, 0.1) is 6.10 Å². The average molecular weight is 234 g/mol. The molecule has 1 aliphatic rings. The van der Waals surface area contributed by atoms with Gasteiger partial charge in [0.25, 0.3) is 10.1 Å². The molecule has 0 aromatic rings. The summed E-state index contributed by atoms with van der Waals surface area (Å²) < 4.78 is 30.0. The van der Waals surface area contributed by atoms with Gasteiger partial charge in [-0.15, -0.1) is 0 Å². The van der Waals surface area contributed by atoms with Crippen molar-refractivity contribution in [3.05, 3.63) is 12.2 Å². The van der Waals surface area contributed by atoms with E-state index in [1.165, 1.54) is 6.92 Å². The molecular formula is C10H18O4S. The summed E-state index contributed by atoms with van der Waals surface area (Å²) >= 11 is 0. The lowest BCUT2D eigenvalue weighted by Crippen LogP contribution is -2.50. The molecular weight excluding hydrogens is 216 g/mol. The van der Waals surface area contributed by atoms with Crippen molar-refractivity contribution in [1.82, 2.24) is 0 Å². The number of rotatable bonds is 2. The molecule has 3 atom stereocenters. The zero-order chi connectivity index (χ0) is 11.9. The molecule has 3 unspecified atom stereocenters. The number of allylic oxidation sites excluding steroid dienone is 1. The SMILES string of the molecule is C=C(C)C1CCC(C)(S(=O)(=O)O)C(O)C1. The van der Waals surface area contributed by atoms with Gasteiger partial charge in [-0.2, -0.15) is 8.42 Å². The molecule has 0 heterocycles. The van der Waals surface area contributed by atoms with Gasteiger partial charge < -0.3 is 5.11 Å². The Morgan fingerprint density at radius 3 is 2.40 bits per heavy atom. The van der Waals surface area contributed by atoms with Gasteiger partial charge in [0.1, 0.15) is 4.75 Å². The Morgan fingerprint density at radius 1 is 1.53 bits per heavy atom. The van der Waals surface area contributed by atoms with Gasteiger partial charge in [-0.05, 0) is 39.0 Å². The van der Waals surface area contributed by atoms with Crippen LogP contribution in [0.2, 0.25) is 0 Å². The summed E-state index contributed by atoms with van der Waals surface area (Å²) in [5.74, 6) is 0.148. The third kappa shape index (κ3) is 2.24. The maximum atomic E-state index is 11.2. The number of hydrogen-bond acceptors (Lipinski definition) is 3. The normalized spacial score (nSPS) is 37.6. The fourth-order valence-electron chi connectivity index (χ4n) is 2.01. The Balaban J connectivity index is 2.89. The van der Waals surface area contributed by atoms with Gasteiger partial charge >= 0.3 is 0 Å². The molecule has 0 spiro atoms. The maximum Gasteiger partial charge on any atom is 0.272 e. The molecule has 1 fully saturated rings. The van der Waals surface area contributed by atoms with E-state index in [9.17, 15) is 13.5 Å². The van der Waals surface area contributed by atoms with Crippen LogP contribution in [0, 0.1) is 5.92 Å². The molecule has 0 radical (unpaired) electrons. The summed E-state index contributed by atoms with van der Waals surface area (Å²) in [6.07, 6.45) is 0.238. The number of hydrogen-bond donors (Lipinski definition) is 2. The fraction of sp³-hybridized carbons (Fsp3) is 0.800. The summed E-state index contributed by atoms with van der Waals surface area (Å²) in [6, 6.07) is 0. The molecule has 0 aromatic carbocycles. The molecule has 2 N–H and O–H groups in total. The Bertz CT molecular complexity index is 360. The Labute approximate surface area is 90.8 Å². The average Bonchev–Trinajstić information content (AvgIpc) is 2.07. The van der Waals surface area contributed by atoms with Crippen LogP contribution >= 0.6 is 0 Å². The quantitative estimate of drug-likeness (QED) is 0.559. The van der Waals surface area contributed by atoms with Crippen molar-refractivity contribution in [1.29, 1.82) is 0 Å². The molecule has 1 rings (SSSR count). The first kappa shape index (κ1) is 12.7. The van der Waals surface area contributed by atoms with Crippen LogP contribution in [0.25, 0.3) is 0 Å². The number of aliphatic hydroxyl groups excluding tert-OH is 1. The van der Waals surface area contributed by atoms with E-state index < -0.39 is 21.0 Å². The van der Waals surface area contributed by atoms with Gasteiger partial charge in [0.15, 0.2) is 0 Å². The van der Waals surface area contributed by atoms with Gasteiger partial charge in [-0.3, -0.25) is 4.55 Å². The molecule has 0 amide bonds. The summed E-state index contributed by atoms with van der Waals surface area (Å²) in [4.78, 5) is 0. The van der Waals surface area contributed by atoms with E-state index in [1.54, 1.807) is 0 Å². The van der Waals surface area contributed by atoms with Crippen molar-refractivity contribution in [2.24, 2.45) is 5.92 Å². The van der Waals surface area contributed by atoms with E-state index in [-0.39, 0.29) is 12.3 Å². The lowest BCUT2D eigenvalue weighted by molar-refractivity contribution is 0.0712. The first-order valence-corrected chi connectivity index (χ1v) is 6.43. The van der Waals surface area contributed by atoms with Crippen molar-refractivity contribution in [2.75, 3.05) is 0 Å². The molecule has 0 aromatic heterocycles. The predicted molar refractivity (Wildman–Crippen MR) is 58.1 cm³/mol. The minimum atomic E-state index is -4.20. The fourth-order valence-corrected chi connectivity index (χ4v) is 2.83. The highest BCUT2D eigenvalue weighted by Gasteiger charge is 2.48. The Morgan fingerprint density at radius 2 is 2.07 bits per heavy atom. The van der Waals surface area contributed by atoms with E-state index in [0.29, 0.717) is 12.8 Å². The summed E-state index contributed by atoms with van der Waals surface area (Å²) in [5.41, 5.74) is 0.950. The number of aliphatic hydroxyl groups is 1. The molecule has 0 saturated heterocycles. The second-order valence-corrected chi connectivity index (χ2v) is 6.50. The lowest BCUT2D eigenvalue weighted by Gasteiger charge is -2.39. The van der Waals surface area contributed by atoms with Crippen molar-refractivity contribution in [3.63, 3.8) is 0 Å². The van der Waals surface area contributed by atoms with E-state index >= 15 is 0 Å². The van der Waals surface area contributed by atoms with E-state index in [2.05, 4.69) is 6.58 Å². The van der Waals surface area contributed by atoms with Crippen LogP contribution < -0.4 is 0 Å². The standard InChI is InChI=1S/C10H18O4S/c1-7(2)8-4-5-10(3,9(11)6-8)15(12,13)14/h8-9,11H,1,4-6H2,2-3H3,(H,12,13,14). The zero-order valence-corrected chi connectivity index (χ0v) is 9.92. The second kappa shape index (κ2) is 3.88. The monoisotopic (exact) mass is 234 g/mol. The van der Waals surface area contributed by atoms with Crippen LogP contribution in [0.15, 0.2) is 12.2 Å². The van der Waals surface area contributed by atoms with Crippen molar-refractivity contribution in [2.45, 2.75) is 44.0 Å². The third-order valence-corrected chi connectivity index (χ3v) is 5.14. The van der Waals surface area contributed by atoms with Crippen LogP contribution in [-0.2, 0) is 10.1 Å². The largest absolute Gasteiger partial charge is 0.391 e. The summed E-state index contributed by atoms with van der Waals surface area (Å²) in [5, 5.41) is 9.80. The van der Waals surface area contributed by atoms with E-state index in [1.807, 2.05) is 6.92 Å². The molecule has 4 nitrogen and oxygen atoms in total. The highest BCUT2D eigenvalue weighted by atomic mass is 32.2. The molecule has 88 valence electrons. The molecule has 1 aliphatic carbocycles. The van der Waals surface area contributed by atoms with Crippen molar-refractivity contribution < 1.29 is 18.1 Å². The molecule has 1 saturated carbocycles. The van der Waals surface area contributed by atoms with Crippen molar-refractivity contribution >= 4 is 10.1 Å². The first-order valence-electron chi connectivity index (χ1n) is 4.99. The summed E-state index contributed by atoms with van der Waals surface area (Å²) in [6.45, 7) is 7.06. The molecule has 15 heavy (non-hydrogen) atoms. The third-order valence-electron chi connectivity index (χ3n) is 3.49. The molecule has 5 heteroatoms. The predicted octanol–water partition coefficient (Wildman–Crippen LogP) is 1.37. The Kier molecular flexibility index (Phi) is 3.28. The van der Waals surface area contributed by atoms with Gasteiger partial charge in [0.2, 0.25) is 0 Å². The first-order chi connectivity index (χ1) is 6.68. The van der Waals surface area contributed by atoms with Crippen LogP contribution in [0.3, 0.4) is 0 Å². The topological polar surface area (TPSA) is 74.6 Å². The maximum absolute atomic E-state index is 11.2. The van der Waals surface area contributed by atoms with Crippen molar-refractivity contribution in [3.8, 4) is 0 Å². The van der Waals surface area contributed by atoms with Crippen LogP contribution in [0.4, 0.5) is 0 Å². The van der Waals surface area contributed by atoms with Gasteiger partial charge in [-0.25, -0.2) is 0 Å². The minimum absolute atomic E-state index is 0.148. The Hall–Kier alpha value is -0.390. The minimum Gasteiger partial charge on any atom is -0.391 e. The molecule has 0 bridgehead atoms. The van der Waals surface area contributed by atoms with Crippen LogP contribution in [-0.4, -0.2) is 28.9 Å². The summed E-state index contributed by atoms with van der Waals surface area (Å²) in [7, 11) is -4.20. The van der Waals surface area contributed by atoms with Gasteiger partial charge in [0, 0.05) is 0 Å². The second-order valence-electron chi connectivity index (χ2n) is 4.62. The zero-order valence-electron chi connectivity index (χ0n) is 9.10. The van der Waals surface area contributed by atoms with Gasteiger partial charge in [-0.1, -0.05) is 12.2 Å². The smallest absolute Gasteiger partial charge is 0.272 e. The van der Waals surface area contributed by atoms with E-state index in [4.69, 9.17) is 4.55 Å². The highest BCUT2D eigenvalue weighted by Crippen LogP contribution is 2.39.